The van der Waals surface area contributed by atoms with E-state index >= 15 is 0 Å². The molecule has 5 nitrogen and oxygen atoms in total. The van der Waals surface area contributed by atoms with Crippen LogP contribution in [0.15, 0.2) is 18.2 Å². The maximum absolute atomic E-state index is 12.8. The van der Waals surface area contributed by atoms with Crippen LogP contribution in [0.1, 0.15) is 37.8 Å². The number of likely N-dealkylation sites (tertiary alicyclic amines) is 1. The number of carbonyl (C=O) groups is 1. The van der Waals surface area contributed by atoms with E-state index in [0.717, 1.165) is 18.4 Å². The van der Waals surface area contributed by atoms with E-state index in [4.69, 9.17) is 27.9 Å². The van der Waals surface area contributed by atoms with Gasteiger partial charge in [0.15, 0.2) is 0 Å². The third-order valence-electron chi connectivity index (χ3n) is 5.20. The van der Waals surface area contributed by atoms with Crippen LogP contribution in [0.2, 0.25) is 10.0 Å². The van der Waals surface area contributed by atoms with Gasteiger partial charge in [-0.25, -0.2) is 4.79 Å². The average molecular weight is 387 g/mol. The maximum Gasteiger partial charge on any atom is 0.318 e. The molecule has 4 unspecified atom stereocenters. The fourth-order valence-electron chi connectivity index (χ4n) is 3.81. The molecule has 1 aromatic carbocycles. The van der Waals surface area contributed by atoms with E-state index in [0.29, 0.717) is 36.2 Å². The van der Waals surface area contributed by atoms with Crippen LogP contribution in [-0.4, -0.2) is 47.9 Å². The topological polar surface area (TPSA) is 61.8 Å². The first-order valence-corrected chi connectivity index (χ1v) is 9.51. The molecule has 2 fully saturated rings. The van der Waals surface area contributed by atoms with Crippen LogP contribution in [0.3, 0.4) is 0 Å². The average Bonchev–Trinajstić information content (AvgIpc) is 3.07. The minimum Gasteiger partial charge on any atom is -0.393 e. The summed E-state index contributed by atoms with van der Waals surface area (Å²) in [5.41, 5.74) is 0.791. The van der Waals surface area contributed by atoms with E-state index in [9.17, 15) is 9.90 Å². The first kappa shape index (κ1) is 18.8. The molecule has 0 aromatic heterocycles. The number of hydrogen-bond acceptors (Lipinski definition) is 3. The number of halogens is 2. The molecule has 7 heteroatoms. The van der Waals surface area contributed by atoms with Gasteiger partial charge in [-0.05, 0) is 37.8 Å². The number of aliphatic hydroxyl groups excluding tert-OH is 1. The van der Waals surface area contributed by atoms with Gasteiger partial charge in [-0.1, -0.05) is 35.3 Å². The fraction of sp³-hybridized carbons (Fsp3) is 0.611. The second kappa shape index (κ2) is 8.12. The van der Waals surface area contributed by atoms with E-state index < -0.39 is 6.10 Å². The summed E-state index contributed by atoms with van der Waals surface area (Å²) in [5, 5.41) is 14.2. The summed E-state index contributed by atoms with van der Waals surface area (Å²) in [7, 11) is 0. The zero-order valence-corrected chi connectivity index (χ0v) is 15.8. The number of ether oxygens (including phenoxy) is 1. The molecule has 2 aliphatic rings. The summed E-state index contributed by atoms with van der Waals surface area (Å²) in [6, 6.07) is 5.02. The maximum atomic E-state index is 12.8. The monoisotopic (exact) mass is 386 g/mol. The molecule has 138 valence electrons. The van der Waals surface area contributed by atoms with Crippen molar-refractivity contribution in [3.05, 3.63) is 33.8 Å². The second-order valence-electron chi connectivity index (χ2n) is 6.81. The number of aliphatic hydroxyl groups is 1. The van der Waals surface area contributed by atoms with Crippen molar-refractivity contribution in [2.45, 2.75) is 44.4 Å². The number of hydrogen-bond donors (Lipinski definition) is 2. The van der Waals surface area contributed by atoms with Gasteiger partial charge in [-0.3, -0.25) is 0 Å². The van der Waals surface area contributed by atoms with Crippen molar-refractivity contribution in [1.29, 1.82) is 0 Å². The van der Waals surface area contributed by atoms with Crippen molar-refractivity contribution < 1.29 is 14.6 Å². The molecule has 2 N–H and O–H groups in total. The van der Waals surface area contributed by atoms with Crippen molar-refractivity contribution >= 4 is 29.2 Å². The Morgan fingerprint density at radius 3 is 2.96 bits per heavy atom. The lowest BCUT2D eigenvalue weighted by Gasteiger charge is -2.37. The number of nitrogens with one attached hydrogen (secondary N) is 1. The van der Waals surface area contributed by atoms with Gasteiger partial charge >= 0.3 is 6.03 Å². The molecular weight excluding hydrogens is 363 g/mol. The number of amides is 2. The lowest BCUT2D eigenvalue weighted by Crippen LogP contribution is -2.51. The van der Waals surface area contributed by atoms with Gasteiger partial charge in [-0.15, -0.1) is 0 Å². The van der Waals surface area contributed by atoms with Gasteiger partial charge in [0.25, 0.3) is 0 Å². The van der Waals surface area contributed by atoms with Gasteiger partial charge < -0.3 is 20.1 Å². The molecule has 0 saturated carbocycles. The predicted octanol–water partition coefficient (Wildman–Crippen LogP) is 3.63. The van der Waals surface area contributed by atoms with E-state index in [1.54, 1.807) is 6.07 Å². The fourth-order valence-corrected chi connectivity index (χ4v) is 4.28. The van der Waals surface area contributed by atoms with Crippen molar-refractivity contribution in [2.24, 2.45) is 5.92 Å². The molecule has 25 heavy (non-hydrogen) atoms. The van der Waals surface area contributed by atoms with E-state index in [-0.39, 0.29) is 24.0 Å². The van der Waals surface area contributed by atoms with Crippen LogP contribution < -0.4 is 5.32 Å². The largest absolute Gasteiger partial charge is 0.393 e. The molecule has 0 radical (unpaired) electrons. The summed E-state index contributed by atoms with van der Waals surface area (Å²) < 4.78 is 5.52. The van der Waals surface area contributed by atoms with Crippen molar-refractivity contribution in [3.8, 4) is 0 Å². The van der Waals surface area contributed by atoms with Gasteiger partial charge in [-0.2, -0.15) is 0 Å². The summed E-state index contributed by atoms with van der Waals surface area (Å²) in [6.45, 7) is 3.67. The Morgan fingerprint density at radius 2 is 2.20 bits per heavy atom. The van der Waals surface area contributed by atoms with Crippen molar-refractivity contribution in [2.75, 3.05) is 19.8 Å². The van der Waals surface area contributed by atoms with Crippen LogP contribution in [0, 0.1) is 5.92 Å². The van der Waals surface area contributed by atoms with Crippen LogP contribution in [0.25, 0.3) is 0 Å². The highest BCUT2D eigenvalue weighted by atomic mass is 35.5. The molecular formula is C18H24Cl2N2O3. The molecule has 2 aliphatic heterocycles. The Hall–Kier alpha value is -1.01. The molecule has 4 atom stereocenters. The van der Waals surface area contributed by atoms with Gasteiger partial charge in [0.05, 0.1) is 28.8 Å². The zero-order valence-electron chi connectivity index (χ0n) is 14.3. The Morgan fingerprint density at radius 1 is 1.40 bits per heavy atom. The number of rotatable bonds is 3. The first-order chi connectivity index (χ1) is 12.0. The van der Waals surface area contributed by atoms with Crippen LogP contribution in [0.4, 0.5) is 4.79 Å². The molecule has 1 aromatic rings. The zero-order chi connectivity index (χ0) is 18.0. The predicted molar refractivity (Wildman–Crippen MR) is 98.1 cm³/mol. The van der Waals surface area contributed by atoms with Gasteiger partial charge in [0, 0.05) is 25.1 Å². The van der Waals surface area contributed by atoms with Gasteiger partial charge in [0.2, 0.25) is 0 Å². The van der Waals surface area contributed by atoms with E-state index in [1.165, 1.54) is 0 Å². The summed E-state index contributed by atoms with van der Waals surface area (Å²) in [4.78, 5) is 14.6. The Labute approximate surface area is 158 Å². The molecule has 0 spiro atoms. The third-order valence-corrected chi connectivity index (χ3v) is 6.04. The Bertz CT molecular complexity index is 628. The van der Waals surface area contributed by atoms with Crippen LogP contribution >= 0.6 is 23.2 Å². The quantitative estimate of drug-likeness (QED) is 0.833. The summed E-state index contributed by atoms with van der Waals surface area (Å²) in [6.07, 6.45) is 2.05. The normalized spacial score (nSPS) is 28.0. The third kappa shape index (κ3) is 4.05. The number of benzene rings is 1. The minimum atomic E-state index is -0.410. The Kier molecular flexibility index (Phi) is 6.10. The van der Waals surface area contributed by atoms with E-state index in [1.807, 2.05) is 24.0 Å². The highest BCUT2D eigenvalue weighted by Gasteiger charge is 2.39. The SMILES string of the molecule is CC(NC(=O)N1CCCC1C1COCCC1O)c1cccc(Cl)c1Cl. The van der Waals surface area contributed by atoms with Crippen LogP contribution in [0.5, 0.6) is 0 Å². The van der Waals surface area contributed by atoms with Crippen LogP contribution in [-0.2, 0) is 4.74 Å². The molecule has 0 bridgehead atoms. The highest BCUT2D eigenvalue weighted by Crippen LogP contribution is 2.32. The lowest BCUT2D eigenvalue weighted by atomic mass is 9.89. The number of nitrogens with zero attached hydrogens (tertiary/aromatic N) is 1. The lowest BCUT2D eigenvalue weighted by molar-refractivity contribution is -0.0577. The molecule has 2 saturated heterocycles. The highest BCUT2D eigenvalue weighted by molar-refractivity contribution is 6.42. The molecule has 3 rings (SSSR count). The Balaban J connectivity index is 1.68. The summed E-state index contributed by atoms with van der Waals surface area (Å²) in [5.74, 6) is -0.0212. The molecule has 0 aliphatic carbocycles. The first-order valence-electron chi connectivity index (χ1n) is 8.76. The minimum absolute atomic E-state index is 0.0114. The second-order valence-corrected chi connectivity index (χ2v) is 7.60. The molecule has 2 amide bonds. The standard InChI is InChI=1S/C18H24Cl2N2O3/c1-11(12-4-2-5-14(19)17(12)20)21-18(24)22-8-3-6-15(22)13-10-25-9-7-16(13)23/h2,4-5,11,13,15-16,23H,3,6-10H2,1H3,(H,21,24). The summed E-state index contributed by atoms with van der Waals surface area (Å²) >= 11 is 12.3. The van der Waals surface area contributed by atoms with E-state index in [2.05, 4.69) is 5.32 Å². The number of carbonyl (C=O) groups excluding carboxylic acids is 1. The van der Waals surface area contributed by atoms with Crippen molar-refractivity contribution in [3.63, 3.8) is 0 Å². The van der Waals surface area contributed by atoms with Gasteiger partial charge in [0.1, 0.15) is 0 Å². The smallest absolute Gasteiger partial charge is 0.318 e. The van der Waals surface area contributed by atoms with Crippen molar-refractivity contribution in [1.82, 2.24) is 10.2 Å². The number of urea groups is 1. The molecule has 2 heterocycles.